The summed E-state index contributed by atoms with van der Waals surface area (Å²) in [7, 11) is 0. The van der Waals surface area contributed by atoms with Gasteiger partial charge in [0.25, 0.3) is 0 Å². The SMILES string of the molecule is C[C@H]1COC[C@@H]1O. The summed E-state index contributed by atoms with van der Waals surface area (Å²) in [6.07, 6.45) is -0.208. The number of aliphatic hydroxyl groups excluding tert-OH is 1. The Labute approximate surface area is 43.1 Å². The first-order chi connectivity index (χ1) is 3.30. The van der Waals surface area contributed by atoms with E-state index in [9.17, 15) is 0 Å². The van der Waals surface area contributed by atoms with Gasteiger partial charge in [-0.05, 0) is 0 Å². The maximum absolute atomic E-state index is 8.87. The molecule has 2 heteroatoms. The van der Waals surface area contributed by atoms with Crippen LogP contribution in [0.25, 0.3) is 0 Å². The zero-order valence-electron chi connectivity index (χ0n) is 4.42. The summed E-state index contributed by atoms with van der Waals surface area (Å²) in [5.41, 5.74) is 0. The van der Waals surface area contributed by atoms with E-state index in [1.165, 1.54) is 0 Å². The fourth-order valence-corrected chi connectivity index (χ4v) is 0.650. The standard InChI is InChI=1S/C5H10O2/c1-4-2-7-3-5(4)6/h4-6H,2-3H2,1H3/t4-,5-/m0/s1. The van der Waals surface area contributed by atoms with E-state index in [1.807, 2.05) is 6.92 Å². The average molecular weight is 102 g/mol. The van der Waals surface area contributed by atoms with Gasteiger partial charge in [0.05, 0.1) is 19.3 Å². The minimum atomic E-state index is -0.208. The molecule has 0 aromatic heterocycles. The smallest absolute Gasteiger partial charge is 0.0821 e. The van der Waals surface area contributed by atoms with Crippen molar-refractivity contribution in [3.8, 4) is 0 Å². The van der Waals surface area contributed by atoms with Gasteiger partial charge in [-0.25, -0.2) is 0 Å². The lowest BCUT2D eigenvalue weighted by atomic mass is 10.1. The molecule has 1 heterocycles. The van der Waals surface area contributed by atoms with Crippen LogP contribution in [-0.2, 0) is 4.74 Å². The highest BCUT2D eigenvalue weighted by Gasteiger charge is 2.20. The predicted octanol–water partition coefficient (Wildman–Crippen LogP) is 0.0136. The minimum absolute atomic E-state index is 0.208. The highest BCUT2D eigenvalue weighted by atomic mass is 16.5. The molecule has 0 bridgehead atoms. The second-order valence-electron chi connectivity index (χ2n) is 2.08. The molecule has 0 aromatic carbocycles. The lowest BCUT2D eigenvalue weighted by molar-refractivity contribution is 0.120. The van der Waals surface area contributed by atoms with Crippen LogP contribution in [0.4, 0.5) is 0 Å². The molecule has 0 saturated carbocycles. The number of hydrogen-bond acceptors (Lipinski definition) is 2. The Morgan fingerprint density at radius 3 is 2.43 bits per heavy atom. The molecule has 1 N–H and O–H groups in total. The second-order valence-corrected chi connectivity index (χ2v) is 2.08. The quantitative estimate of drug-likeness (QED) is 0.467. The van der Waals surface area contributed by atoms with Crippen LogP contribution in [-0.4, -0.2) is 24.4 Å². The molecule has 42 valence electrons. The molecule has 0 aliphatic carbocycles. The maximum Gasteiger partial charge on any atom is 0.0821 e. The Balaban J connectivity index is 2.33. The molecule has 1 aliphatic heterocycles. The van der Waals surface area contributed by atoms with Crippen LogP contribution in [0.2, 0.25) is 0 Å². The largest absolute Gasteiger partial charge is 0.390 e. The van der Waals surface area contributed by atoms with Gasteiger partial charge >= 0.3 is 0 Å². The summed E-state index contributed by atoms with van der Waals surface area (Å²) in [5.74, 6) is 0.347. The molecule has 1 aliphatic rings. The van der Waals surface area contributed by atoms with Gasteiger partial charge in [-0.3, -0.25) is 0 Å². The van der Waals surface area contributed by atoms with Crippen LogP contribution >= 0.6 is 0 Å². The summed E-state index contributed by atoms with van der Waals surface area (Å²) in [4.78, 5) is 0. The lowest BCUT2D eigenvalue weighted by Gasteiger charge is -2.00. The van der Waals surface area contributed by atoms with E-state index >= 15 is 0 Å². The van der Waals surface area contributed by atoms with E-state index < -0.39 is 0 Å². The molecule has 0 radical (unpaired) electrons. The molecule has 1 saturated heterocycles. The van der Waals surface area contributed by atoms with Gasteiger partial charge in [-0.1, -0.05) is 6.92 Å². The first kappa shape index (κ1) is 5.06. The van der Waals surface area contributed by atoms with Gasteiger partial charge in [0.15, 0.2) is 0 Å². The normalized spacial score (nSPS) is 42.0. The highest BCUT2D eigenvalue weighted by molar-refractivity contribution is 4.68. The molecule has 0 spiro atoms. The number of rotatable bonds is 0. The third-order valence-electron chi connectivity index (χ3n) is 1.33. The van der Waals surface area contributed by atoms with Crippen molar-refractivity contribution >= 4 is 0 Å². The van der Waals surface area contributed by atoms with Gasteiger partial charge in [0.1, 0.15) is 0 Å². The van der Waals surface area contributed by atoms with Crippen LogP contribution in [0.5, 0.6) is 0 Å². The average Bonchev–Trinajstić information content (AvgIpc) is 1.91. The summed E-state index contributed by atoms with van der Waals surface area (Å²) in [5, 5.41) is 8.87. The first-order valence-corrected chi connectivity index (χ1v) is 2.56. The fourth-order valence-electron chi connectivity index (χ4n) is 0.650. The Morgan fingerprint density at radius 1 is 1.57 bits per heavy atom. The van der Waals surface area contributed by atoms with Crippen molar-refractivity contribution in [3.05, 3.63) is 0 Å². The Kier molecular flexibility index (Phi) is 1.30. The Bertz CT molecular complexity index is 55.1. The van der Waals surface area contributed by atoms with Crippen LogP contribution in [0.15, 0.2) is 0 Å². The van der Waals surface area contributed by atoms with Crippen LogP contribution < -0.4 is 0 Å². The van der Waals surface area contributed by atoms with Crippen molar-refractivity contribution in [2.24, 2.45) is 5.92 Å². The zero-order valence-corrected chi connectivity index (χ0v) is 4.42. The fraction of sp³-hybridized carbons (Fsp3) is 1.00. The molecule has 2 nitrogen and oxygen atoms in total. The zero-order chi connectivity index (χ0) is 5.28. The van der Waals surface area contributed by atoms with E-state index in [0.29, 0.717) is 12.5 Å². The van der Waals surface area contributed by atoms with Crippen molar-refractivity contribution in [2.45, 2.75) is 13.0 Å². The van der Waals surface area contributed by atoms with Gasteiger partial charge in [0, 0.05) is 5.92 Å². The van der Waals surface area contributed by atoms with Crippen LogP contribution in [0.1, 0.15) is 6.92 Å². The highest BCUT2D eigenvalue weighted by Crippen LogP contribution is 2.10. The Morgan fingerprint density at radius 2 is 2.29 bits per heavy atom. The van der Waals surface area contributed by atoms with Gasteiger partial charge < -0.3 is 9.84 Å². The number of aliphatic hydroxyl groups is 1. The summed E-state index contributed by atoms with van der Waals surface area (Å²) in [6.45, 7) is 3.24. The first-order valence-electron chi connectivity index (χ1n) is 2.56. The summed E-state index contributed by atoms with van der Waals surface area (Å²) >= 11 is 0. The number of hydrogen-bond donors (Lipinski definition) is 1. The molecular formula is C5H10O2. The van der Waals surface area contributed by atoms with Crippen molar-refractivity contribution in [1.82, 2.24) is 0 Å². The van der Waals surface area contributed by atoms with E-state index in [0.717, 1.165) is 6.61 Å². The van der Waals surface area contributed by atoms with E-state index in [2.05, 4.69) is 0 Å². The van der Waals surface area contributed by atoms with Crippen molar-refractivity contribution in [2.75, 3.05) is 13.2 Å². The third kappa shape index (κ3) is 0.924. The molecule has 7 heavy (non-hydrogen) atoms. The van der Waals surface area contributed by atoms with Gasteiger partial charge in [-0.2, -0.15) is 0 Å². The maximum atomic E-state index is 8.87. The third-order valence-corrected chi connectivity index (χ3v) is 1.33. The van der Waals surface area contributed by atoms with E-state index in [1.54, 1.807) is 0 Å². The van der Waals surface area contributed by atoms with Gasteiger partial charge in [-0.15, -0.1) is 0 Å². The molecule has 0 aromatic rings. The van der Waals surface area contributed by atoms with E-state index in [-0.39, 0.29) is 6.10 Å². The minimum Gasteiger partial charge on any atom is -0.390 e. The van der Waals surface area contributed by atoms with Crippen LogP contribution in [0.3, 0.4) is 0 Å². The lowest BCUT2D eigenvalue weighted by Crippen LogP contribution is -2.13. The molecule has 2 atom stereocenters. The predicted molar refractivity (Wildman–Crippen MR) is 26.0 cm³/mol. The summed E-state index contributed by atoms with van der Waals surface area (Å²) < 4.78 is 4.92. The second kappa shape index (κ2) is 1.80. The van der Waals surface area contributed by atoms with Crippen LogP contribution in [0, 0.1) is 5.92 Å². The molecular weight excluding hydrogens is 92.1 g/mol. The number of ether oxygens (including phenoxy) is 1. The van der Waals surface area contributed by atoms with E-state index in [4.69, 9.17) is 9.84 Å². The van der Waals surface area contributed by atoms with Crippen molar-refractivity contribution < 1.29 is 9.84 Å². The molecule has 0 unspecified atom stereocenters. The monoisotopic (exact) mass is 102 g/mol. The molecule has 0 amide bonds. The summed E-state index contributed by atoms with van der Waals surface area (Å²) in [6, 6.07) is 0. The van der Waals surface area contributed by atoms with Crippen molar-refractivity contribution in [1.29, 1.82) is 0 Å². The Hall–Kier alpha value is -0.0800. The van der Waals surface area contributed by atoms with Gasteiger partial charge in [0.2, 0.25) is 0 Å². The van der Waals surface area contributed by atoms with Crippen molar-refractivity contribution in [3.63, 3.8) is 0 Å². The molecule has 1 fully saturated rings. The molecule has 1 rings (SSSR count). The topological polar surface area (TPSA) is 29.5 Å².